The second-order valence-electron chi connectivity index (χ2n) is 6.60. The largest absolute Gasteiger partial charge is 0.481 e. The fourth-order valence-electron chi connectivity index (χ4n) is 2.95. The first-order valence-corrected chi connectivity index (χ1v) is 10.1. The Morgan fingerprint density at radius 2 is 2.03 bits per heavy atom. The molecule has 1 aliphatic heterocycles. The van der Waals surface area contributed by atoms with Gasteiger partial charge in [-0.05, 0) is 29.3 Å². The number of hydrogen-bond donors (Lipinski definition) is 3. The third-order valence-corrected chi connectivity index (χ3v) is 5.73. The maximum absolute atomic E-state index is 12.5. The maximum atomic E-state index is 12.5. The van der Waals surface area contributed by atoms with Crippen LogP contribution in [0.5, 0.6) is 0 Å². The van der Waals surface area contributed by atoms with Crippen LogP contribution in [-0.2, 0) is 14.4 Å². The lowest BCUT2D eigenvalue weighted by Gasteiger charge is -2.25. The van der Waals surface area contributed by atoms with E-state index in [9.17, 15) is 24.3 Å². The van der Waals surface area contributed by atoms with Crippen LogP contribution in [0.25, 0.3) is 10.4 Å². The first-order chi connectivity index (χ1) is 14.2. The van der Waals surface area contributed by atoms with Gasteiger partial charge in [0, 0.05) is 24.2 Å². The molecule has 0 aliphatic carbocycles. The molecule has 0 saturated heterocycles. The Morgan fingerprint density at radius 3 is 2.70 bits per heavy atom. The van der Waals surface area contributed by atoms with Crippen molar-refractivity contribution in [3.63, 3.8) is 0 Å². The molecule has 1 aliphatic rings. The van der Waals surface area contributed by atoms with Crippen LogP contribution in [-0.4, -0.2) is 46.8 Å². The summed E-state index contributed by atoms with van der Waals surface area (Å²) in [5, 5.41) is 14.1. The zero-order valence-corrected chi connectivity index (χ0v) is 17.4. The monoisotopic (exact) mass is 447 g/mol. The van der Waals surface area contributed by atoms with Crippen molar-refractivity contribution >= 4 is 46.6 Å². The van der Waals surface area contributed by atoms with Crippen molar-refractivity contribution in [1.82, 2.24) is 15.5 Å². The summed E-state index contributed by atoms with van der Waals surface area (Å²) in [7, 11) is 1.47. The van der Waals surface area contributed by atoms with Crippen molar-refractivity contribution < 1.29 is 24.3 Å². The van der Waals surface area contributed by atoms with Crippen LogP contribution in [0.2, 0.25) is 4.34 Å². The Kier molecular flexibility index (Phi) is 6.53. The highest BCUT2D eigenvalue weighted by atomic mass is 35.5. The highest BCUT2D eigenvalue weighted by Crippen LogP contribution is 2.32. The van der Waals surface area contributed by atoms with Crippen LogP contribution in [0.3, 0.4) is 0 Å². The van der Waals surface area contributed by atoms with Gasteiger partial charge in [-0.1, -0.05) is 29.8 Å². The normalized spacial score (nSPS) is 17.0. The zero-order chi connectivity index (χ0) is 21.8. The summed E-state index contributed by atoms with van der Waals surface area (Å²) in [6, 6.07) is 7.63. The summed E-state index contributed by atoms with van der Waals surface area (Å²) in [6.45, 7) is 0. The van der Waals surface area contributed by atoms with E-state index in [1.165, 1.54) is 35.6 Å². The van der Waals surface area contributed by atoms with Gasteiger partial charge in [-0.15, -0.1) is 11.3 Å². The average molecular weight is 448 g/mol. The van der Waals surface area contributed by atoms with Gasteiger partial charge in [0.1, 0.15) is 0 Å². The molecule has 2 heterocycles. The molecular formula is C20H18ClN3O5S. The second-order valence-corrected chi connectivity index (χ2v) is 8.31. The van der Waals surface area contributed by atoms with Crippen LogP contribution >= 0.6 is 22.9 Å². The lowest BCUT2D eigenvalue weighted by atomic mass is 10.0. The molecule has 0 spiro atoms. The van der Waals surface area contributed by atoms with E-state index in [1.807, 2.05) is 12.1 Å². The molecule has 30 heavy (non-hydrogen) atoms. The number of nitrogens with one attached hydrogen (secondary N) is 2. The number of aliphatic carboxylic acids is 1. The molecule has 0 saturated carbocycles. The van der Waals surface area contributed by atoms with E-state index in [0.29, 0.717) is 9.90 Å². The molecular weight excluding hydrogens is 430 g/mol. The number of rotatable bonds is 6. The predicted octanol–water partition coefficient (Wildman–Crippen LogP) is 2.81. The summed E-state index contributed by atoms with van der Waals surface area (Å²) < 4.78 is 0.621. The van der Waals surface area contributed by atoms with Gasteiger partial charge in [0.25, 0.3) is 5.91 Å². The zero-order valence-electron chi connectivity index (χ0n) is 15.8. The minimum absolute atomic E-state index is 0.381. The third-order valence-electron chi connectivity index (χ3n) is 4.45. The number of ketones is 1. The number of halogens is 1. The SMILES string of the molecule is CN1C=CC(=O)C(NC(=O)NC(CC(=O)O)c2cccc(-c3ccc(Cl)s3)c2)C1=O. The van der Waals surface area contributed by atoms with E-state index in [4.69, 9.17) is 11.6 Å². The Balaban J connectivity index is 1.79. The number of carboxylic acids is 1. The number of carbonyl (C=O) groups is 4. The highest BCUT2D eigenvalue weighted by molar-refractivity contribution is 7.19. The molecule has 10 heteroatoms. The van der Waals surface area contributed by atoms with E-state index < -0.39 is 35.8 Å². The van der Waals surface area contributed by atoms with Crippen molar-refractivity contribution in [1.29, 1.82) is 0 Å². The van der Waals surface area contributed by atoms with Gasteiger partial charge in [0.05, 0.1) is 16.8 Å². The molecule has 2 unspecified atom stereocenters. The number of carboxylic acid groups (broad SMARTS) is 1. The molecule has 3 rings (SSSR count). The van der Waals surface area contributed by atoms with Gasteiger partial charge in [0.15, 0.2) is 11.8 Å². The summed E-state index contributed by atoms with van der Waals surface area (Å²) in [5.41, 5.74) is 1.39. The molecule has 0 fully saturated rings. The number of nitrogens with zero attached hydrogens (tertiary/aromatic N) is 1. The number of hydrogen-bond acceptors (Lipinski definition) is 5. The molecule has 3 amide bonds. The van der Waals surface area contributed by atoms with Crippen molar-refractivity contribution in [3.8, 4) is 10.4 Å². The number of thiophene rings is 1. The summed E-state index contributed by atoms with van der Waals surface area (Å²) in [6.07, 6.45) is 2.13. The number of urea groups is 1. The van der Waals surface area contributed by atoms with Crippen LogP contribution in [0.15, 0.2) is 48.7 Å². The molecule has 1 aromatic heterocycles. The van der Waals surface area contributed by atoms with E-state index in [2.05, 4.69) is 10.6 Å². The Bertz CT molecular complexity index is 1030. The van der Waals surface area contributed by atoms with Crippen molar-refractivity contribution in [2.75, 3.05) is 7.05 Å². The number of benzene rings is 1. The molecule has 2 aromatic rings. The lowest BCUT2D eigenvalue weighted by Crippen LogP contribution is -2.55. The first-order valence-electron chi connectivity index (χ1n) is 8.88. The van der Waals surface area contributed by atoms with Gasteiger partial charge in [-0.2, -0.15) is 0 Å². The Hall–Kier alpha value is -3.17. The molecule has 2 atom stereocenters. The average Bonchev–Trinajstić information content (AvgIpc) is 3.14. The minimum Gasteiger partial charge on any atom is -0.481 e. The smallest absolute Gasteiger partial charge is 0.316 e. The van der Waals surface area contributed by atoms with E-state index in [-0.39, 0.29) is 6.42 Å². The number of amides is 3. The molecule has 1 aromatic carbocycles. The van der Waals surface area contributed by atoms with E-state index >= 15 is 0 Å². The van der Waals surface area contributed by atoms with Gasteiger partial charge in [0.2, 0.25) is 0 Å². The van der Waals surface area contributed by atoms with Crippen molar-refractivity contribution in [3.05, 3.63) is 58.6 Å². The van der Waals surface area contributed by atoms with E-state index in [0.717, 1.165) is 10.4 Å². The number of carbonyl (C=O) groups excluding carboxylic acids is 3. The maximum Gasteiger partial charge on any atom is 0.316 e. The molecule has 3 N–H and O–H groups in total. The fraction of sp³-hybridized carbons (Fsp3) is 0.200. The summed E-state index contributed by atoms with van der Waals surface area (Å²) in [4.78, 5) is 49.9. The van der Waals surface area contributed by atoms with E-state index in [1.54, 1.807) is 24.3 Å². The van der Waals surface area contributed by atoms with Gasteiger partial charge in [-0.3, -0.25) is 14.4 Å². The van der Waals surface area contributed by atoms with Crippen LogP contribution in [0.4, 0.5) is 4.79 Å². The fourth-order valence-corrected chi connectivity index (χ4v) is 3.99. The molecule has 8 nitrogen and oxygen atoms in total. The van der Waals surface area contributed by atoms with Gasteiger partial charge >= 0.3 is 12.0 Å². The van der Waals surface area contributed by atoms with Crippen LogP contribution in [0, 0.1) is 0 Å². The first kappa shape index (κ1) is 21.5. The quantitative estimate of drug-likeness (QED) is 0.589. The number of likely N-dealkylation sites (N-methyl/N-ethyl adjacent to an activating group) is 1. The summed E-state index contributed by atoms with van der Waals surface area (Å²) in [5.74, 6) is -2.25. The van der Waals surface area contributed by atoms with Crippen LogP contribution < -0.4 is 10.6 Å². The third kappa shape index (κ3) is 5.05. The molecule has 156 valence electrons. The van der Waals surface area contributed by atoms with Crippen molar-refractivity contribution in [2.24, 2.45) is 0 Å². The Morgan fingerprint density at radius 1 is 1.27 bits per heavy atom. The predicted molar refractivity (Wildman–Crippen MR) is 112 cm³/mol. The van der Waals surface area contributed by atoms with Crippen molar-refractivity contribution in [2.45, 2.75) is 18.5 Å². The van der Waals surface area contributed by atoms with Gasteiger partial charge < -0.3 is 20.6 Å². The molecule has 0 radical (unpaired) electrons. The topological polar surface area (TPSA) is 116 Å². The van der Waals surface area contributed by atoms with Gasteiger partial charge in [-0.25, -0.2) is 4.79 Å². The Labute approximate surface area is 181 Å². The summed E-state index contributed by atoms with van der Waals surface area (Å²) >= 11 is 7.37. The minimum atomic E-state index is -1.36. The molecule has 0 bridgehead atoms. The second kappa shape index (κ2) is 9.10. The van der Waals surface area contributed by atoms with Crippen LogP contribution in [0.1, 0.15) is 18.0 Å². The highest BCUT2D eigenvalue weighted by Gasteiger charge is 2.32. The standard InChI is InChI=1S/C20H18ClN3O5S/c1-24-8-7-14(25)18(19(24)28)23-20(29)22-13(10-17(26)27)11-3-2-4-12(9-11)15-5-6-16(21)30-15/h2-9,13,18H,10H2,1H3,(H,26,27)(H2,22,23,29). The lowest BCUT2D eigenvalue weighted by molar-refractivity contribution is -0.138.